The molecule has 4 heteroatoms. The van der Waals surface area contributed by atoms with Crippen LogP contribution in [0.5, 0.6) is 0 Å². The first-order chi connectivity index (χ1) is 10.2. The van der Waals surface area contributed by atoms with Crippen LogP contribution < -0.4 is 0 Å². The summed E-state index contributed by atoms with van der Waals surface area (Å²) in [6.45, 7) is 1.65. The average Bonchev–Trinajstić information content (AvgIpc) is 3.04. The van der Waals surface area contributed by atoms with Crippen LogP contribution in [0.25, 0.3) is 10.9 Å². The van der Waals surface area contributed by atoms with Crippen LogP contribution in [0.15, 0.2) is 30.5 Å². The summed E-state index contributed by atoms with van der Waals surface area (Å²) < 4.78 is 7.45. The fourth-order valence-electron chi connectivity index (χ4n) is 3.21. The largest absolute Gasteiger partial charge is 0.462 e. The molecule has 0 aliphatic carbocycles. The molecule has 112 valence electrons. The highest BCUT2D eigenvalue weighted by atomic mass is 16.5. The van der Waals surface area contributed by atoms with Gasteiger partial charge in [0, 0.05) is 30.2 Å². The van der Waals surface area contributed by atoms with Gasteiger partial charge in [-0.2, -0.15) is 0 Å². The Kier molecular flexibility index (Phi) is 3.97. The van der Waals surface area contributed by atoms with Gasteiger partial charge in [-0.15, -0.1) is 0 Å². The molecule has 1 aromatic carbocycles. The Balaban J connectivity index is 1.64. The fourth-order valence-corrected chi connectivity index (χ4v) is 3.21. The lowest BCUT2D eigenvalue weighted by Crippen LogP contribution is -2.26. The highest BCUT2D eigenvalue weighted by Gasteiger charge is 2.21. The van der Waals surface area contributed by atoms with Crippen LogP contribution >= 0.6 is 0 Å². The number of aromatic nitrogens is 1. The summed E-state index contributed by atoms with van der Waals surface area (Å²) in [7, 11) is 4.09. The third kappa shape index (κ3) is 2.81. The van der Waals surface area contributed by atoms with E-state index in [-0.39, 0.29) is 5.97 Å². The first-order valence-electron chi connectivity index (χ1n) is 7.58. The number of hydrogen-bond acceptors (Lipinski definition) is 3. The molecule has 1 saturated heterocycles. The van der Waals surface area contributed by atoms with Crippen LogP contribution in [0.4, 0.5) is 0 Å². The zero-order chi connectivity index (χ0) is 14.8. The molecule has 1 atom stereocenters. The van der Waals surface area contributed by atoms with Gasteiger partial charge in [-0.25, -0.2) is 4.79 Å². The molecule has 1 aromatic heterocycles. The average molecular weight is 286 g/mol. The summed E-state index contributed by atoms with van der Waals surface area (Å²) in [5.74, 6) is -0.215. The van der Waals surface area contributed by atoms with Gasteiger partial charge in [0.15, 0.2) is 0 Å². The second kappa shape index (κ2) is 5.90. The van der Waals surface area contributed by atoms with Crippen molar-refractivity contribution in [2.45, 2.75) is 25.3 Å². The molecule has 0 spiro atoms. The number of likely N-dealkylation sites (tertiary alicyclic amines) is 1. The Labute approximate surface area is 125 Å². The van der Waals surface area contributed by atoms with Crippen molar-refractivity contribution in [3.63, 3.8) is 0 Å². The second-order valence-electron chi connectivity index (χ2n) is 5.87. The highest BCUT2D eigenvalue weighted by Crippen LogP contribution is 2.22. The van der Waals surface area contributed by atoms with Gasteiger partial charge in [0.2, 0.25) is 0 Å². The quantitative estimate of drug-likeness (QED) is 0.811. The molecule has 1 aliphatic heterocycles. The van der Waals surface area contributed by atoms with Gasteiger partial charge in [0.25, 0.3) is 0 Å². The number of ether oxygens (including phenoxy) is 1. The number of fused-ring (bicyclic) bond motifs is 1. The lowest BCUT2D eigenvalue weighted by atomic mass is 10.1. The van der Waals surface area contributed by atoms with Crippen LogP contribution in [0.2, 0.25) is 0 Å². The zero-order valence-electron chi connectivity index (χ0n) is 12.7. The van der Waals surface area contributed by atoms with E-state index in [0.29, 0.717) is 18.2 Å². The van der Waals surface area contributed by atoms with Crippen molar-refractivity contribution < 1.29 is 9.53 Å². The van der Waals surface area contributed by atoms with E-state index in [0.717, 1.165) is 23.9 Å². The number of carbonyl (C=O) groups excluding carboxylic acids is 1. The van der Waals surface area contributed by atoms with Crippen molar-refractivity contribution in [2.75, 3.05) is 20.2 Å². The topological polar surface area (TPSA) is 34.5 Å². The normalized spacial score (nSPS) is 19.2. The molecule has 0 radical (unpaired) electrons. The summed E-state index contributed by atoms with van der Waals surface area (Å²) in [6, 6.07) is 8.47. The predicted molar refractivity (Wildman–Crippen MR) is 83.5 cm³/mol. The SMILES string of the molecule is CN1CCCC1CCOC(=O)c1cn(C)c2ccccc12. The minimum absolute atomic E-state index is 0.215. The van der Waals surface area contributed by atoms with Crippen molar-refractivity contribution in [3.05, 3.63) is 36.0 Å². The Bertz CT molecular complexity index is 647. The Morgan fingerprint density at radius 2 is 2.14 bits per heavy atom. The maximum atomic E-state index is 12.3. The fraction of sp³-hybridized carbons (Fsp3) is 0.471. The van der Waals surface area contributed by atoms with Crippen molar-refractivity contribution >= 4 is 16.9 Å². The smallest absolute Gasteiger partial charge is 0.340 e. The standard InChI is InChI=1S/C17H22N2O2/c1-18-10-5-6-13(18)9-11-21-17(20)15-12-19(2)16-8-4-3-7-14(15)16/h3-4,7-8,12-13H,5-6,9-11H2,1-2H3. The van der Waals surface area contributed by atoms with E-state index in [2.05, 4.69) is 11.9 Å². The molecule has 2 heterocycles. The summed E-state index contributed by atoms with van der Waals surface area (Å²) >= 11 is 0. The van der Waals surface area contributed by atoms with Gasteiger partial charge in [-0.05, 0) is 38.9 Å². The van der Waals surface area contributed by atoms with E-state index in [9.17, 15) is 4.79 Å². The molecule has 0 N–H and O–H groups in total. The third-order valence-electron chi connectivity index (χ3n) is 4.47. The molecule has 0 amide bonds. The summed E-state index contributed by atoms with van der Waals surface area (Å²) in [5.41, 5.74) is 1.72. The summed E-state index contributed by atoms with van der Waals surface area (Å²) in [4.78, 5) is 14.6. The van der Waals surface area contributed by atoms with Crippen LogP contribution in [-0.4, -0.2) is 41.7 Å². The van der Waals surface area contributed by atoms with Gasteiger partial charge in [0.1, 0.15) is 0 Å². The number of para-hydroxylation sites is 1. The molecule has 1 fully saturated rings. The van der Waals surface area contributed by atoms with Gasteiger partial charge in [0.05, 0.1) is 12.2 Å². The Hall–Kier alpha value is -1.81. The second-order valence-corrected chi connectivity index (χ2v) is 5.87. The number of benzene rings is 1. The number of nitrogens with zero attached hydrogens (tertiary/aromatic N) is 2. The van der Waals surface area contributed by atoms with Crippen molar-refractivity contribution in [1.29, 1.82) is 0 Å². The molecule has 1 unspecified atom stereocenters. The maximum absolute atomic E-state index is 12.3. The molecule has 2 aromatic rings. The van der Waals surface area contributed by atoms with Crippen LogP contribution in [0.3, 0.4) is 0 Å². The summed E-state index contributed by atoms with van der Waals surface area (Å²) in [5, 5.41) is 0.961. The number of esters is 1. The number of hydrogen-bond donors (Lipinski definition) is 0. The first kappa shape index (κ1) is 14.1. The van der Waals surface area contributed by atoms with E-state index in [4.69, 9.17) is 4.74 Å². The monoisotopic (exact) mass is 286 g/mol. The van der Waals surface area contributed by atoms with Crippen molar-refractivity contribution in [1.82, 2.24) is 9.47 Å². The molecular weight excluding hydrogens is 264 g/mol. The van der Waals surface area contributed by atoms with E-state index in [1.54, 1.807) is 0 Å². The first-order valence-corrected chi connectivity index (χ1v) is 7.58. The molecule has 0 saturated carbocycles. The van der Waals surface area contributed by atoms with Gasteiger partial charge in [-0.3, -0.25) is 0 Å². The van der Waals surface area contributed by atoms with Crippen LogP contribution in [-0.2, 0) is 11.8 Å². The minimum atomic E-state index is -0.215. The van der Waals surface area contributed by atoms with Gasteiger partial charge in [-0.1, -0.05) is 18.2 Å². The van der Waals surface area contributed by atoms with Crippen molar-refractivity contribution in [2.24, 2.45) is 7.05 Å². The maximum Gasteiger partial charge on any atom is 0.340 e. The van der Waals surface area contributed by atoms with Gasteiger partial charge >= 0.3 is 5.97 Å². The van der Waals surface area contributed by atoms with Crippen molar-refractivity contribution in [3.8, 4) is 0 Å². The molecular formula is C17H22N2O2. The number of rotatable bonds is 4. The molecule has 3 rings (SSSR count). The van der Waals surface area contributed by atoms with E-state index in [1.165, 1.54) is 12.8 Å². The van der Waals surface area contributed by atoms with E-state index >= 15 is 0 Å². The Morgan fingerprint density at radius 1 is 1.33 bits per heavy atom. The van der Waals surface area contributed by atoms with Crippen LogP contribution in [0.1, 0.15) is 29.6 Å². The number of aryl methyl sites for hydroxylation is 1. The third-order valence-corrected chi connectivity index (χ3v) is 4.47. The lowest BCUT2D eigenvalue weighted by molar-refractivity contribution is 0.0478. The molecule has 0 bridgehead atoms. The zero-order valence-corrected chi connectivity index (χ0v) is 12.7. The molecule has 1 aliphatic rings. The lowest BCUT2D eigenvalue weighted by Gasteiger charge is -2.18. The minimum Gasteiger partial charge on any atom is -0.462 e. The highest BCUT2D eigenvalue weighted by molar-refractivity contribution is 6.04. The molecule has 4 nitrogen and oxygen atoms in total. The van der Waals surface area contributed by atoms with E-state index in [1.807, 2.05) is 42.1 Å². The number of carbonyl (C=O) groups is 1. The van der Waals surface area contributed by atoms with E-state index < -0.39 is 0 Å². The van der Waals surface area contributed by atoms with Crippen LogP contribution in [0, 0.1) is 0 Å². The predicted octanol–water partition coefficient (Wildman–Crippen LogP) is 2.82. The molecule has 21 heavy (non-hydrogen) atoms. The summed E-state index contributed by atoms with van der Waals surface area (Å²) in [6.07, 6.45) is 5.24. The van der Waals surface area contributed by atoms with Gasteiger partial charge < -0.3 is 14.2 Å². The Morgan fingerprint density at radius 3 is 2.90 bits per heavy atom.